The number of thiophene rings is 1. The zero-order valence-corrected chi connectivity index (χ0v) is 19.2. The third kappa shape index (κ3) is 4.07. The zero-order chi connectivity index (χ0) is 21.2. The van der Waals surface area contributed by atoms with Crippen LogP contribution in [0.3, 0.4) is 0 Å². The van der Waals surface area contributed by atoms with E-state index in [2.05, 4.69) is 42.2 Å². The van der Waals surface area contributed by atoms with Gasteiger partial charge >= 0.3 is 0 Å². The molecule has 0 aliphatic carbocycles. The molecule has 0 saturated heterocycles. The number of hydrogen-bond acceptors (Lipinski definition) is 5. The van der Waals surface area contributed by atoms with Gasteiger partial charge in [0.2, 0.25) is 0 Å². The van der Waals surface area contributed by atoms with Crippen LogP contribution in [0, 0.1) is 0 Å². The fourth-order valence-electron chi connectivity index (χ4n) is 4.23. The van der Waals surface area contributed by atoms with Crippen molar-refractivity contribution in [2.75, 3.05) is 18.8 Å². The Kier molecular flexibility index (Phi) is 5.94. The van der Waals surface area contributed by atoms with E-state index in [4.69, 9.17) is 4.98 Å². The molecule has 0 radical (unpaired) electrons. The number of aromatic nitrogens is 2. The summed E-state index contributed by atoms with van der Waals surface area (Å²) in [7, 11) is 0. The van der Waals surface area contributed by atoms with E-state index in [-0.39, 0.29) is 5.56 Å². The molecule has 0 N–H and O–H groups in total. The Balaban J connectivity index is 1.49. The van der Waals surface area contributed by atoms with Crippen molar-refractivity contribution in [2.24, 2.45) is 0 Å². The van der Waals surface area contributed by atoms with Gasteiger partial charge in [-0.2, -0.15) is 0 Å². The SMILES string of the molecule is CCSc1nc2sc3c(c2c(=O)n1-c1ccccc1)CCN(CCc1ccccc1)C3. The largest absolute Gasteiger partial charge is 0.298 e. The number of hydrogen-bond donors (Lipinski definition) is 0. The summed E-state index contributed by atoms with van der Waals surface area (Å²) < 4.78 is 1.80. The van der Waals surface area contributed by atoms with Gasteiger partial charge in [0.15, 0.2) is 5.16 Å². The lowest BCUT2D eigenvalue weighted by Crippen LogP contribution is -2.32. The average Bonchev–Trinajstić information content (AvgIpc) is 3.17. The van der Waals surface area contributed by atoms with Crippen molar-refractivity contribution < 1.29 is 0 Å². The van der Waals surface area contributed by atoms with Gasteiger partial charge in [0, 0.05) is 24.5 Å². The van der Waals surface area contributed by atoms with Crippen molar-refractivity contribution >= 4 is 33.3 Å². The molecule has 1 aliphatic rings. The van der Waals surface area contributed by atoms with Gasteiger partial charge in [0.05, 0.1) is 11.1 Å². The highest BCUT2D eigenvalue weighted by molar-refractivity contribution is 7.99. The van der Waals surface area contributed by atoms with Crippen molar-refractivity contribution in [1.29, 1.82) is 0 Å². The van der Waals surface area contributed by atoms with Crippen molar-refractivity contribution in [1.82, 2.24) is 14.5 Å². The average molecular weight is 448 g/mol. The summed E-state index contributed by atoms with van der Waals surface area (Å²) in [5.41, 5.74) is 3.55. The van der Waals surface area contributed by atoms with Crippen LogP contribution in [0.4, 0.5) is 0 Å². The summed E-state index contributed by atoms with van der Waals surface area (Å²) in [6, 6.07) is 20.5. The van der Waals surface area contributed by atoms with Crippen molar-refractivity contribution in [2.45, 2.75) is 31.5 Å². The van der Waals surface area contributed by atoms with Crippen molar-refractivity contribution in [3.8, 4) is 5.69 Å². The molecular weight excluding hydrogens is 422 g/mol. The fraction of sp³-hybridized carbons (Fsp3) is 0.280. The Morgan fingerprint density at radius 3 is 2.55 bits per heavy atom. The monoisotopic (exact) mass is 447 g/mol. The summed E-state index contributed by atoms with van der Waals surface area (Å²) in [4.78, 5) is 23.3. The highest BCUT2D eigenvalue weighted by Gasteiger charge is 2.25. The van der Waals surface area contributed by atoms with Gasteiger partial charge in [-0.05, 0) is 41.9 Å². The van der Waals surface area contributed by atoms with Gasteiger partial charge in [-0.1, -0.05) is 67.2 Å². The second-order valence-corrected chi connectivity index (χ2v) is 10.1. The number of fused-ring (bicyclic) bond motifs is 3. The van der Waals surface area contributed by atoms with Crippen LogP contribution < -0.4 is 5.56 Å². The van der Waals surface area contributed by atoms with E-state index in [0.717, 1.165) is 59.3 Å². The highest BCUT2D eigenvalue weighted by Crippen LogP contribution is 2.34. The van der Waals surface area contributed by atoms with Crippen LogP contribution >= 0.6 is 23.1 Å². The minimum atomic E-state index is 0.0717. The first-order chi connectivity index (χ1) is 15.2. The molecule has 2 aromatic heterocycles. The Bertz CT molecular complexity index is 1250. The lowest BCUT2D eigenvalue weighted by Gasteiger charge is -2.26. The van der Waals surface area contributed by atoms with Crippen LogP contribution in [-0.4, -0.2) is 33.3 Å². The third-order valence-corrected chi connectivity index (χ3v) is 7.70. The molecule has 4 nitrogen and oxygen atoms in total. The molecule has 0 fully saturated rings. The molecule has 0 bridgehead atoms. The summed E-state index contributed by atoms with van der Waals surface area (Å²) in [6.07, 6.45) is 1.97. The van der Waals surface area contributed by atoms with Gasteiger partial charge in [0.1, 0.15) is 4.83 Å². The Hall–Kier alpha value is -2.41. The van der Waals surface area contributed by atoms with Crippen LogP contribution in [0.5, 0.6) is 0 Å². The minimum absolute atomic E-state index is 0.0717. The van der Waals surface area contributed by atoms with E-state index < -0.39 is 0 Å². The van der Waals surface area contributed by atoms with Crippen LogP contribution in [0.25, 0.3) is 15.9 Å². The number of benzene rings is 2. The standard InChI is InChI=1S/C25H25N3OS2/c1-2-30-25-26-23-22(24(29)28(25)19-11-7-4-8-12-19)20-14-16-27(17-21(20)31-23)15-13-18-9-5-3-6-10-18/h3-12H,2,13-17H2,1H3. The number of thioether (sulfide) groups is 1. The molecule has 1 aliphatic heterocycles. The molecule has 0 unspecified atom stereocenters. The summed E-state index contributed by atoms with van der Waals surface area (Å²) in [6.45, 7) is 5.03. The quantitative estimate of drug-likeness (QED) is 0.302. The third-order valence-electron chi connectivity index (χ3n) is 5.77. The molecule has 6 heteroatoms. The van der Waals surface area contributed by atoms with Gasteiger partial charge in [-0.15, -0.1) is 11.3 Å². The normalized spacial score (nSPS) is 14.1. The molecule has 3 heterocycles. The Labute approximate surface area is 190 Å². The predicted octanol–water partition coefficient (Wildman–Crippen LogP) is 5.16. The molecule has 5 rings (SSSR count). The molecule has 0 saturated carbocycles. The maximum Gasteiger partial charge on any atom is 0.267 e. The maximum atomic E-state index is 13.7. The van der Waals surface area contributed by atoms with Crippen LogP contribution in [0.2, 0.25) is 0 Å². The zero-order valence-electron chi connectivity index (χ0n) is 17.6. The van der Waals surface area contributed by atoms with Crippen LogP contribution in [0.15, 0.2) is 70.6 Å². The molecule has 4 aromatic rings. The van der Waals surface area contributed by atoms with Gasteiger partial charge in [-0.3, -0.25) is 14.3 Å². The lowest BCUT2D eigenvalue weighted by molar-refractivity contribution is 0.261. The minimum Gasteiger partial charge on any atom is -0.298 e. The van der Waals surface area contributed by atoms with Crippen LogP contribution in [0.1, 0.15) is 22.9 Å². The highest BCUT2D eigenvalue weighted by atomic mass is 32.2. The number of nitrogens with zero attached hydrogens (tertiary/aromatic N) is 3. The molecule has 158 valence electrons. The van der Waals surface area contributed by atoms with E-state index in [1.54, 1.807) is 27.7 Å². The van der Waals surface area contributed by atoms with Gasteiger partial charge in [0.25, 0.3) is 5.56 Å². The maximum absolute atomic E-state index is 13.7. The summed E-state index contributed by atoms with van der Waals surface area (Å²) in [5, 5.41) is 1.61. The molecule has 2 aromatic carbocycles. The topological polar surface area (TPSA) is 38.1 Å². The van der Waals surface area contributed by atoms with Crippen LogP contribution in [-0.2, 0) is 19.4 Å². The van der Waals surface area contributed by atoms with Crippen molar-refractivity contribution in [3.05, 3.63) is 87.0 Å². The van der Waals surface area contributed by atoms with E-state index in [1.165, 1.54) is 16.0 Å². The molecule has 0 atom stereocenters. The number of rotatable bonds is 6. The fourth-order valence-corrected chi connectivity index (χ4v) is 6.27. The van der Waals surface area contributed by atoms with E-state index in [1.807, 2.05) is 30.3 Å². The first-order valence-electron chi connectivity index (χ1n) is 10.8. The smallest absolute Gasteiger partial charge is 0.267 e. The summed E-state index contributed by atoms with van der Waals surface area (Å²) >= 11 is 3.33. The molecular formula is C25H25N3OS2. The number of para-hydroxylation sites is 1. The molecule has 0 spiro atoms. The molecule has 31 heavy (non-hydrogen) atoms. The van der Waals surface area contributed by atoms with Crippen molar-refractivity contribution in [3.63, 3.8) is 0 Å². The Morgan fingerprint density at radius 1 is 1.06 bits per heavy atom. The first kappa shape index (κ1) is 20.5. The summed E-state index contributed by atoms with van der Waals surface area (Å²) in [5.74, 6) is 0.878. The second-order valence-electron chi connectivity index (χ2n) is 7.75. The molecule has 0 amide bonds. The second kappa shape index (κ2) is 8.99. The first-order valence-corrected chi connectivity index (χ1v) is 12.6. The van der Waals surface area contributed by atoms with Gasteiger partial charge in [-0.25, -0.2) is 4.98 Å². The Morgan fingerprint density at radius 2 is 1.81 bits per heavy atom. The van der Waals surface area contributed by atoms with E-state index in [0.29, 0.717) is 0 Å². The van der Waals surface area contributed by atoms with E-state index >= 15 is 0 Å². The lowest BCUT2D eigenvalue weighted by atomic mass is 10.0. The van der Waals surface area contributed by atoms with Gasteiger partial charge < -0.3 is 0 Å². The van der Waals surface area contributed by atoms with E-state index in [9.17, 15) is 4.79 Å². The predicted molar refractivity (Wildman–Crippen MR) is 131 cm³/mol.